The van der Waals surface area contributed by atoms with Gasteiger partial charge in [-0.3, -0.25) is 0 Å². The fourth-order valence-electron chi connectivity index (χ4n) is 3.40. The van der Waals surface area contributed by atoms with E-state index in [2.05, 4.69) is 9.98 Å². The second-order valence-corrected chi connectivity index (χ2v) is 7.08. The third-order valence-corrected chi connectivity index (χ3v) is 4.99. The predicted octanol–water partition coefficient (Wildman–Crippen LogP) is 5.55. The second kappa shape index (κ2) is 10.2. The number of hydrogen-bond acceptors (Lipinski definition) is 6. The van der Waals surface area contributed by atoms with Crippen molar-refractivity contribution >= 4 is 11.4 Å². The number of nitrogens with zero attached hydrogens (tertiary/aromatic N) is 4. The topological polar surface area (TPSA) is 90.8 Å². The van der Waals surface area contributed by atoms with Gasteiger partial charge in [0.25, 0.3) is 0 Å². The number of alkyl halides is 2. The molecule has 34 heavy (non-hydrogen) atoms. The molecule has 4 rings (SSSR count). The zero-order valence-corrected chi connectivity index (χ0v) is 17.7. The van der Waals surface area contributed by atoms with E-state index in [-0.39, 0.29) is 22.9 Å². The summed E-state index contributed by atoms with van der Waals surface area (Å²) in [6.07, 6.45) is 3.56. The van der Waals surface area contributed by atoms with Crippen molar-refractivity contribution in [2.24, 2.45) is 9.98 Å². The number of fused-ring (bicyclic) bond motifs is 1. The molecule has 1 aliphatic carbocycles. The SMILES string of the molecule is N#C/N=C1C(Oc2ccc(CF)cc2)=C(Oc2ccc(CF)cc2)/C(=N/C#N)c2ccccc2\1. The normalized spacial score (nSPS) is 14.9. The number of benzene rings is 3. The van der Waals surface area contributed by atoms with Gasteiger partial charge >= 0.3 is 0 Å². The van der Waals surface area contributed by atoms with Crippen LogP contribution < -0.4 is 9.47 Å². The molecule has 0 saturated heterocycles. The zero-order chi connectivity index (χ0) is 23.9. The number of ether oxygens (including phenoxy) is 2. The van der Waals surface area contributed by atoms with Crippen molar-refractivity contribution in [3.63, 3.8) is 0 Å². The third-order valence-electron chi connectivity index (χ3n) is 4.99. The van der Waals surface area contributed by atoms with Crippen LogP contribution in [-0.2, 0) is 13.3 Å². The Hall–Kier alpha value is -4.82. The lowest BCUT2D eigenvalue weighted by atomic mass is 9.90. The van der Waals surface area contributed by atoms with Crippen LogP contribution in [-0.4, -0.2) is 11.4 Å². The summed E-state index contributed by atoms with van der Waals surface area (Å²) in [5, 5.41) is 18.8. The van der Waals surface area contributed by atoms with Crippen LogP contribution in [0.1, 0.15) is 22.3 Å². The highest BCUT2D eigenvalue weighted by Crippen LogP contribution is 2.32. The fourth-order valence-corrected chi connectivity index (χ4v) is 3.40. The number of halogens is 2. The minimum atomic E-state index is -0.625. The zero-order valence-electron chi connectivity index (χ0n) is 17.7. The minimum absolute atomic E-state index is 0.0526. The molecule has 0 atom stereocenters. The van der Waals surface area contributed by atoms with Crippen molar-refractivity contribution in [3.05, 3.63) is 107 Å². The van der Waals surface area contributed by atoms with Gasteiger partial charge in [0.2, 0.25) is 12.4 Å². The summed E-state index contributed by atoms with van der Waals surface area (Å²) in [6, 6.07) is 19.5. The maximum absolute atomic E-state index is 12.9. The van der Waals surface area contributed by atoms with Gasteiger partial charge in [-0.1, -0.05) is 48.5 Å². The van der Waals surface area contributed by atoms with Crippen LogP contribution in [0.4, 0.5) is 8.78 Å². The van der Waals surface area contributed by atoms with Crippen molar-refractivity contribution in [1.29, 1.82) is 10.5 Å². The van der Waals surface area contributed by atoms with Crippen LogP contribution in [0.2, 0.25) is 0 Å². The Bertz CT molecular complexity index is 1270. The molecule has 3 aromatic carbocycles. The minimum Gasteiger partial charge on any atom is -0.451 e. The summed E-state index contributed by atoms with van der Waals surface area (Å²) in [4.78, 5) is 7.92. The van der Waals surface area contributed by atoms with Gasteiger partial charge in [0.05, 0.1) is 0 Å². The molecular formula is C26H16F2N4O2. The summed E-state index contributed by atoms with van der Waals surface area (Å²) in [5.41, 5.74) is 2.34. The van der Waals surface area contributed by atoms with Crippen LogP contribution in [0.5, 0.6) is 11.5 Å². The molecule has 1 aliphatic rings. The van der Waals surface area contributed by atoms with E-state index in [1.807, 2.05) is 0 Å². The van der Waals surface area contributed by atoms with Crippen molar-refractivity contribution in [3.8, 4) is 23.9 Å². The van der Waals surface area contributed by atoms with Crippen molar-refractivity contribution < 1.29 is 18.3 Å². The number of aliphatic imine (C=N–C) groups is 2. The van der Waals surface area contributed by atoms with E-state index in [4.69, 9.17) is 9.47 Å². The lowest BCUT2D eigenvalue weighted by Gasteiger charge is -2.25. The van der Waals surface area contributed by atoms with Crippen LogP contribution in [0, 0.1) is 22.9 Å². The molecule has 6 nitrogen and oxygen atoms in total. The summed E-state index contributed by atoms with van der Waals surface area (Å²) >= 11 is 0. The monoisotopic (exact) mass is 454 g/mol. The fraction of sp³-hybridized carbons (Fsp3) is 0.0769. The molecule has 0 aliphatic heterocycles. The third kappa shape index (κ3) is 4.52. The van der Waals surface area contributed by atoms with Gasteiger partial charge in [-0.2, -0.15) is 20.5 Å². The quantitative estimate of drug-likeness (QED) is 0.457. The van der Waals surface area contributed by atoms with Gasteiger partial charge in [-0.25, -0.2) is 8.78 Å². The predicted molar refractivity (Wildman–Crippen MR) is 122 cm³/mol. The largest absolute Gasteiger partial charge is 0.451 e. The number of nitriles is 2. The van der Waals surface area contributed by atoms with Crippen molar-refractivity contribution in [1.82, 2.24) is 0 Å². The van der Waals surface area contributed by atoms with Crippen molar-refractivity contribution in [2.75, 3.05) is 0 Å². The first-order valence-corrected chi connectivity index (χ1v) is 10.1. The van der Waals surface area contributed by atoms with E-state index in [0.717, 1.165) is 0 Å². The first-order chi connectivity index (χ1) is 16.7. The highest BCUT2D eigenvalue weighted by atomic mass is 19.1. The van der Waals surface area contributed by atoms with E-state index < -0.39 is 13.3 Å². The maximum atomic E-state index is 12.9. The maximum Gasteiger partial charge on any atom is 0.206 e. The lowest BCUT2D eigenvalue weighted by molar-refractivity contribution is 0.384. The molecule has 0 saturated carbocycles. The molecule has 166 valence electrons. The standard InChI is InChI=1S/C26H16F2N4O2/c27-13-17-5-9-19(10-6-17)33-25-23(31-15-29)21-3-1-2-4-22(21)24(32-16-30)26(25)34-20-11-7-18(14-28)8-12-20/h1-12H,13-14H2/b31-23-,32-24+. The molecule has 0 heterocycles. The Morgan fingerprint density at radius 3 is 1.32 bits per heavy atom. The highest BCUT2D eigenvalue weighted by molar-refractivity contribution is 6.29. The summed E-state index contributed by atoms with van der Waals surface area (Å²) < 4.78 is 38.1. The summed E-state index contributed by atoms with van der Waals surface area (Å²) in [5.74, 6) is 0.776. The van der Waals surface area contributed by atoms with Crippen molar-refractivity contribution in [2.45, 2.75) is 13.3 Å². The molecule has 0 N–H and O–H groups in total. The van der Waals surface area contributed by atoms with Gasteiger partial charge in [-0.05, 0) is 35.4 Å². The van der Waals surface area contributed by atoms with Crippen LogP contribution >= 0.6 is 0 Å². The Kier molecular flexibility index (Phi) is 6.71. The van der Waals surface area contributed by atoms with Gasteiger partial charge in [0.15, 0.2) is 11.5 Å². The summed E-state index contributed by atoms with van der Waals surface area (Å²) in [7, 11) is 0. The first-order valence-electron chi connectivity index (χ1n) is 10.1. The molecule has 0 radical (unpaired) electrons. The Balaban J connectivity index is 1.91. The highest BCUT2D eigenvalue weighted by Gasteiger charge is 2.33. The number of hydrogen-bond donors (Lipinski definition) is 0. The van der Waals surface area contributed by atoms with Gasteiger partial charge in [0.1, 0.15) is 36.3 Å². The Morgan fingerprint density at radius 2 is 1.00 bits per heavy atom. The Morgan fingerprint density at radius 1 is 0.618 bits per heavy atom. The second-order valence-electron chi connectivity index (χ2n) is 7.08. The van der Waals surface area contributed by atoms with Crippen LogP contribution in [0.25, 0.3) is 0 Å². The molecule has 0 unspecified atom stereocenters. The van der Waals surface area contributed by atoms with E-state index in [1.165, 1.54) is 0 Å². The molecule has 0 aromatic heterocycles. The molecule has 0 fully saturated rings. The molecule has 0 amide bonds. The average Bonchev–Trinajstić information content (AvgIpc) is 2.88. The smallest absolute Gasteiger partial charge is 0.206 e. The molecule has 0 spiro atoms. The first kappa shape index (κ1) is 22.4. The Labute approximate surface area is 194 Å². The van der Waals surface area contributed by atoms with E-state index >= 15 is 0 Å². The van der Waals surface area contributed by atoms with Crippen LogP contribution in [0.3, 0.4) is 0 Å². The molecule has 0 bridgehead atoms. The lowest BCUT2D eigenvalue weighted by Crippen LogP contribution is -2.28. The van der Waals surface area contributed by atoms with E-state index in [0.29, 0.717) is 33.8 Å². The van der Waals surface area contributed by atoms with E-state index in [9.17, 15) is 19.3 Å². The van der Waals surface area contributed by atoms with Gasteiger partial charge < -0.3 is 9.47 Å². The van der Waals surface area contributed by atoms with Gasteiger partial charge in [-0.15, -0.1) is 0 Å². The molecule has 8 heteroatoms. The van der Waals surface area contributed by atoms with E-state index in [1.54, 1.807) is 85.2 Å². The van der Waals surface area contributed by atoms with Gasteiger partial charge in [0, 0.05) is 11.1 Å². The summed E-state index contributed by atoms with van der Waals surface area (Å²) in [6.45, 7) is -1.25. The van der Waals surface area contributed by atoms with Crippen LogP contribution in [0.15, 0.2) is 94.3 Å². The number of allylic oxidation sites excluding steroid dienone is 2. The number of rotatable bonds is 6. The average molecular weight is 454 g/mol. The molecular weight excluding hydrogens is 438 g/mol. The molecule has 3 aromatic rings.